The minimum Gasteiger partial charge on any atom is -0.370 e. The topological polar surface area (TPSA) is 60.7 Å². The van der Waals surface area contributed by atoms with Crippen molar-refractivity contribution < 1.29 is 4.39 Å². The fourth-order valence-electron chi connectivity index (χ4n) is 1.66. The van der Waals surface area contributed by atoms with Crippen molar-refractivity contribution in [2.24, 2.45) is 0 Å². The summed E-state index contributed by atoms with van der Waals surface area (Å²) in [4.78, 5) is 4.31. The Labute approximate surface area is 110 Å². The van der Waals surface area contributed by atoms with Crippen molar-refractivity contribution in [1.82, 2.24) is 4.98 Å². The summed E-state index contributed by atoms with van der Waals surface area (Å²) < 4.78 is 13.5. The summed E-state index contributed by atoms with van der Waals surface area (Å²) >= 11 is 0. The van der Waals surface area contributed by atoms with Gasteiger partial charge in [-0.05, 0) is 31.2 Å². The van der Waals surface area contributed by atoms with Crippen LogP contribution in [0.3, 0.4) is 0 Å². The number of hydrogen-bond donors (Lipinski definition) is 2. The summed E-state index contributed by atoms with van der Waals surface area (Å²) in [6.45, 7) is 2.74. The summed E-state index contributed by atoms with van der Waals surface area (Å²) in [5.74, 6) is 0.735. The third-order valence-corrected chi connectivity index (χ3v) is 2.50. The van der Waals surface area contributed by atoms with E-state index in [1.54, 1.807) is 18.2 Å². The fourth-order valence-corrected chi connectivity index (χ4v) is 1.66. The van der Waals surface area contributed by atoms with Crippen molar-refractivity contribution in [3.05, 3.63) is 47.8 Å². The molecule has 0 saturated carbocycles. The molecule has 0 aliphatic rings. The summed E-state index contributed by atoms with van der Waals surface area (Å²) in [6, 6.07) is 11.7. The first-order valence-electron chi connectivity index (χ1n) is 5.91. The lowest BCUT2D eigenvalue weighted by atomic mass is 10.2. The number of hydrogen-bond acceptors (Lipinski definition) is 4. The molecule has 0 atom stereocenters. The second-order valence-corrected chi connectivity index (χ2v) is 3.84. The van der Waals surface area contributed by atoms with Crippen LogP contribution in [0.15, 0.2) is 36.4 Å². The number of nitrogens with one attached hydrogen (secondary N) is 2. The van der Waals surface area contributed by atoms with Crippen molar-refractivity contribution in [2.45, 2.75) is 6.92 Å². The molecule has 5 heteroatoms. The maximum absolute atomic E-state index is 13.5. The van der Waals surface area contributed by atoms with E-state index in [4.69, 9.17) is 5.26 Å². The Morgan fingerprint density at radius 3 is 2.68 bits per heavy atom. The third kappa shape index (κ3) is 2.99. The molecule has 2 N–H and O–H groups in total. The Morgan fingerprint density at radius 1 is 1.21 bits per heavy atom. The second-order valence-electron chi connectivity index (χ2n) is 3.84. The molecule has 4 nitrogen and oxygen atoms in total. The molecule has 1 heterocycles. The normalized spacial score (nSPS) is 9.74. The first-order valence-corrected chi connectivity index (χ1v) is 5.91. The largest absolute Gasteiger partial charge is 0.370 e. The highest BCUT2D eigenvalue weighted by Gasteiger charge is 2.08. The van der Waals surface area contributed by atoms with Crippen molar-refractivity contribution in [1.29, 1.82) is 5.26 Å². The minimum atomic E-state index is -0.546. The molecule has 1 aromatic heterocycles. The van der Waals surface area contributed by atoms with Gasteiger partial charge >= 0.3 is 0 Å². The molecule has 0 saturated heterocycles. The zero-order chi connectivity index (χ0) is 13.7. The molecule has 0 bridgehead atoms. The Kier molecular flexibility index (Phi) is 3.94. The number of pyridine rings is 1. The number of benzene rings is 1. The predicted octanol–water partition coefficient (Wildman–Crippen LogP) is 3.27. The summed E-state index contributed by atoms with van der Waals surface area (Å²) in [5.41, 5.74) is 0.391. The zero-order valence-electron chi connectivity index (χ0n) is 10.4. The second kappa shape index (κ2) is 5.83. The van der Waals surface area contributed by atoms with Crippen LogP contribution >= 0.6 is 0 Å². The summed E-state index contributed by atoms with van der Waals surface area (Å²) in [5, 5.41) is 15.0. The zero-order valence-corrected chi connectivity index (χ0v) is 10.4. The van der Waals surface area contributed by atoms with Crippen molar-refractivity contribution >= 4 is 17.3 Å². The SMILES string of the molecule is CCNc1cccc(Nc2cccc(F)c2C#N)n1. The lowest BCUT2D eigenvalue weighted by molar-refractivity contribution is 0.624. The van der Waals surface area contributed by atoms with E-state index in [1.165, 1.54) is 6.07 Å². The Hall–Kier alpha value is -2.61. The van der Waals surface area contributed by atoms with Crippen LogP contribution in [-0.2, 0) is 0 Å². The van der Waals surface area contributed by atoms with Gasteiger partial charge in [-0.15, -0.1) is 0 Å². The molecule has 96 valence electrons. The van der Waals surface area contributed by atoms with Gasteiger partial charge < -0.3 is 10.6 Å². The molecule has 0 aliphatic heterocycles. The van der Waals surface area contributed by atoms with Gasteiger partial charge in [0.2, 0.25) is 0 Å². The van der Waals surface area contributed by atoms with E-state index in [-0.39, 0.29) is 5.56 Å². The molecular formula is C14H13FN4. The number of halogens is 1. The van der Waals surface area contributed by atoms with E-state index in [1.807, 2.05) is 25.1 Å². The fraction of sp³-hybridized carbons (Fsp3) is 0.143. The molecule has 2 rings (SSSR count). The number of nitrogens with zero attached hydrogens (tertiary/aromatic N) is 2. The van der Waals surface area contributed by atoms with E-state index >= 15 is 0 Å². The molecular weight excluding hydrogens is 243 g/mol. The van der Waals surface area contributed by atoms with Crippen molar-refractivity contribution in [3.8, 4) is 6.07 Å². The Morgan fingerprint density at radius 2 is 1.95 bits per heavy atom. The van der Waals surface area contributed by atoms with Crippen LogP contribution in [0.1, 0.15) is 12.5 Å². The number of anilines is 3. The van der Waals surface area contributed by atoms with Gasteiger partial charge in [0.25, 0.3) is 0 Å². The predicted molar refractivity (Wildman–Crippen MR) is 72.8 cm³/mol. The molecule has 0 radical (unpaired) electrons. The molecule has 0 fully saturated rings. The smallest absolute Gasteiger partial charge is 0.143 e. The van der Waals surface area contributed by atoms with E-state index < -0.39 is 5.82 Å². The molecule has 0 spiro atoms. The Bertz CT molecular complexity index is 619. The first kappa shape index (κ1) is 12.8. The lowest BCUT2D eigenvalue weighted by Gasteiger charge is -2.09. The van der Waals surface area contributed by atoms with Gasteiger partial charge in [-0.2, -0.15) is 5.26 Å². The number of rotatable bonds is 4. The maximum Gasteiger partial charge on any atom is 0.143 e. The van der Waals surface area contributed by atoms with Gasteiger partial charge in [-0.25, -0.2) is 9.37 Å². The van der Waals surface area contributed by atoms with E-state index in [0.29, 0.717) is 11.5 Å². The van der Waals surface area contributed by atoms with Gasteiger partial charge in [-0.1, -0.05) is 12.1 Å². The quantitative estimate of drug-likeness (QED) is 0.881. The van der Waals surface area contributed by atoms with Crippen LogP contribution in [0.25, 0.3) is 0 Å². The van der Waals surface area contributed by atoms with Crippen LogP contribution in [0.2, 0.25) is 0 Å². The third-order valence-electron chi connectivity index (χ3n) is 2.50. The summed E-state index contributed by atoms with van der Waals surface area (Å²) in [7, 11) is 0. The van der Waals surface area contributed by atoms with Crippen molar-refractivity contribution in [3.63, 3.8) is 0 Å². The van der Waals surface area contributed by atoms with Gasteiger partial charge in [-0.3, -0.25) is 0 Å². The monoisotopic (exact) mass is 256 g/mol. The van der Waals surface area contributed by atoms with Crippen molar-refractivity contribution in [2.75, 3.05) is 17.2 Å². The van der Waals surface area contributed by atoms with Crippen LogP contribution < -0.4 is 10.6 Å². The van der Waals surface area contributed by atoms with E-state index in [0.717, 1.165) is 12.4 Å². The molecule has 0 amide bonds. The average molecular weight is 256 g/mol. The van der Waals surface area contributed by atoms with Gasteiger partial charge in [0.05, 0.1) is 5.69 Å². The van der Waals surface area contributed by atoms with Gasteiger partial charge in [0, 0.05) is 6.54 Å². The molecule has 1 aromatic carbocycles. The van der Waals surface area contributed by atoms with E-state index in [9.17, 15) is 4.39 Å². The number of nitriles is 1. The van der Waals surface area contributed by atoms with Gasteiger partial charge in [0.1, 0.15) is 29.1 Å². The maximum atomic E-state index is 13.5. The molecule has 2 aromatic rings. The standard InChI is InChI=1S/C14H13FN4/c1-2-17-13-7-4-8-14(19-13)18-12-6-3-5-11(15)10(12)9-16/h3-8H,2H2,1H3,(H2,17,18,19). The lowest BCUT2D eigenvalue weighted by Crippen LogP contribution is -2.02. The molecule has 0 aliphatic carbocycles. The highest BCUT2D eigenvalue weighted by Crippen LogP contribution is 2.22. The van der Waals surface area contributed by atoms with Gasteiger partial charge in [0.15, 0.2) is 0 Å². The molecule has 0 unspecified atom stereocenters. The first-order chi connectivity index (χ1) is 9.24. The highest BCUT2D eigenvalue weighted by molar-refractivity contribution is 5.65. The number of aromatic nitrogens is 1. The average Bonchev–Trinajstić information content (AvgIpc) is 2.40. The van der Waals surface area contributed by atoms with Crippen LogP contribution in [-0.4, -0.2) is 11.5 Å². The van der Waals surface area contributed by atoms with Crippen LogP contribution in [0, 0.1) is 17.1 Å². The minimum absolute atomic E-state index is 0.0156. The Balaban J connectivity index is 2.29. The molecule has 19 heavy (non-hydrogen) atoms. The van der Waals surface area contributed by atoms with Crippen LogP contribution in [0.4, 0.5) is 21.7 Å². The van der Waals surface area contributed by atoms with Crippen LogP contribution in [0.5, 0.6) is 0 Å². The van der Waals surface area contributed by atoms with E-state index in [2.05, 4.69) is 15.6 Å². The highest BCUT2D eigenvalue weighted by atomic mass is 19.1. The summed E-state index contributed by atoms with van der Waals surface area (Å²) in [6.07, 6.45) is 0.